The summed E-state index contributed by atoms with van der Waals surface area (Å²) in [6.07, 6.45) is 10.1. The van der Waals surface area contributed by atoms with Crippen LogP contribution in [0, 0.1) is 11.8 Å². The van der Waals surface area contributed by atoms with Gasteiger partial charge in [0.25, 0.3) is 0 Å². The molecule has 4 atom stereocenters. The normalized spacial score (nSPS) is 36.3. The van der Waals surface area contributed by atoms with Gasteiger partial charge in [0.2, 0.25) is 0 Å². The zero-order valence-electron chi connectivity index (χ0n) is 11.5. The summed E-state index contributed by atoms with van der Waals surface area (Å²) >= 11 is 7.87. The maximum absolute atomic E-state index is 5.94. The summed E-state index contributed by atoms with van der Waals surface area (Å²) in [6, 6.07) is 0. The fourth-order valence-electron chi connectivity index (χ4n) is 3.38. The number of rotatable bonds is 6. The van der Waals surface area contributed by atoms with Gasteiger partial charge in [-0.05, 0) is 76.2 Å². The van der Waals surface area contributed by atoms with Crippen molar-refractivity contribution in [3.63, 3.8) is 0 Å². The first-order valence-electron chi connectivity index (χ1n) is 7.50. The van der Waals surface area contributed by atoms with Crippen molar-refractivity contribution in [1.82, 2.24) is 0 Å². The van der Waals surface area contributed by atoms with Crippen LogP contribution in [0.2, 0.25) is 0 Å². The van der Waals surface area contributed by atoms with E-state index in [4.69, 9.17) is 13.1 Å². The van der Waals surface area contributed by atoms with E-state index in [1.807, 2.05) is 0 Å². The minimum atomic E-state index is 0.322. The first kappa shape index (κ1) is 16.0. The molecule has 2 fully saturated rings. The molecule has 0 N–H and O–H groups in total. The largest absolute Gasteiger partial charge is 0.381 e. The Morgan fingerprint density at radius 1 is 0.737 bits per heavy atom. The zero-order valence-corrected chi connectivity index (χ0v) is 13.3. The van der Waals surface area contributed by atoms with E-state index in [-0.39, 0.29) is 0 Å². The highest BCUT2D eigenvalue weighted by molar-refractivity contribution is 7.75. The smallest absolute Gasteiger partial charge is 0.0722 e. The van der Waals surface area contributed by atoms with Crippen LogP contribution in [0.25, 0.3) is 0 Å². The van der Waals surface area contributed by atoms with E-state index in [9.17, 15) is 0 Å². The van der Waals surface area contributed by atoms with Crippen LogP contribution in [-0.4, -0.2) is 25.4 Å². The Balaban J connectivity index is 1.60. The molecule has 2 saturated carbocycles. The molecule has 2 aliphatic rings. The monoisotopic (exact) mass is 306 g/mol. The van der Waals surface area contributed by atoms with Gasteiger partial charge in [-0.2, -0.15) is 0 Å². The van der Waals surface area contributed by atoms with Crippen molar-refractivity contribution in [3.05, 3.63) is 0 Å². The molecule has 0 bridgehead atoms. The Bertz CT molecular complexity index is 229. The minimum Gasteiger partial charge on any atom is -0.381 e. The molecule has 0 heterocycles. The van der Waals surface area contributed by atoms with E-state index in [0.717, 1.165) is 38.9 Å². The lowest BCUT2D eigenvalue weighted by atomic mass is 9.87. The van der Waals surface area contributed by atoms with E-state index in [2.05, 4.69) is 25.8 Å². The zero-order chi connectivity index (χ0) is 13.5. The maximum atomic E-state index is 5.94. The first-order chi connectivity index (χ1) is 9.31. The molecule has 0 saturated heterocycles. The van der Waals surface area contributed by atoms with Gasteiger partial charge in [0, 0.05) is 13.2 Å². The molecule has 0 aliphatic heterocycles. The molecule has 2 rings (SSSR count). The van der Waals surface area contributed by atoms with Crippen molar-refractivity contribution in [2.75, 3.05) is 13.2 Å². The van der Waals surface area contributed by atoms with Crippen LogP contribution in [0.1, 0.15) is 51.4 Å². The average molecular weight is 306 g/mol. The van der Waals surface area contributed by atoms with Gasteiger partial charge in [0.15, 0.2) is 0 Å². The third-order valence-corrected chi connectivity index (χ3v) is 5.07. The summed E-state index contributed by atoms with van der Waals surface area (Å²) in [5.74, 6) is 1.29. The summed E-state index contributed by atoms with van der Waals surface area (Å²) in [5.41, 5.74) is 0. The van der Waals surface area contributed by atoms with Crippen LogP contribution in [0.15, 0.2) is 0 Å². The number of hydrogen-bond donors (Lipinski definition) is 2. The molecule has 19 heavy (non-hydrogen) atoms. The van der Waals surface area contributed by atoms with E-state index < -0.39 is 0 Å². The molecule has 0 amide bonds. The third kappa shape index (κ3) is 5.46. The van der Waals surface area contributed by atoms with Crippen LogP contribution in [0.5, 0.6) is 0 Å². The van der Waals surface area contributed by atoms with Gasteiger partial charge in [0.1, 0.15) is 0 Å². The van der Waals surface area contributed by atoms with Gasteiger partial charge in [-0.3, -0.25) is 0 Å². The lowest BCUT2D eigenvalue weighted by Crippen LogP contribution is -2.27. The molecule has 3 nitrogen and oxygen atoms in total. The first-order valence-corrected chi connectivity index (χ1v) is 8.23. The lowest BCUT2D eigenvalue weighted by molar-refractivity contribution is 0.0214. The topological polar surface area (TPSA) is 27.7 Å². The number of ether oxygens (including phenoxy) is 1. The molecule has 2 aliphatic carbocycles. The molecule has 0 aromatic rings. The highest BCUT2D eigenvalue weighted by Crippen LogP contribution is 2.29. The summed E-state index contributed by atoms with van der Waals surface area (Å²) in [5, 5.41) is 0. The second-order valence-electron chi connectivity index (χ2n) is 6.06. The van der Waals surface area contributed by atoms with Gasteiger partial charge in [-0.25, -0.2) is 0 Å². The Morgan fingerprint density at radius 3 is 1.63 bits per heavy atom. The molecule has 0 aromatic heterocycles. The SMILES string of the molecule is SOC1CCCC(COCC2CCCC(OS)C2)C1. The average Bonchev–Trinajstić information content (AvgIpc) is 2.48. The van der Waals surface area contributed by atoms with Crippen LogP contribution >= 0.6 is 25.8 Å². The quantitative estimate of drug-likeness (QED) is 0.577. The molecular formula is C14H26O3S2. The predicted octanol–water partition coefficient (Wildman–Crippen LogP) is 3.84. The molecule has 4 unspecified atom stereocenters. The summed E-state index contributed by atoms with van der Waals surface area (Å²) in [4.78, 5) is 0. The maximum Gasteiger partial charge on any atom is 0.0722 e. The Labute approximate surface area is 128 Å². The van der Waals surface area contributed by atoms with Gasteiger partial charge in [-0.1, -0.05) is 12.8 Å². The van der Waals surface area contributed by atoms with Gasteiger partial charge < -0.3 is 13.1 Å². The van der Waals surface area contributed by atoms with Crippen LogP contribution in [0.4, 0.5) is 0 Å². The fourth-order valence-corrected chi connectivity index (χ4v) is 3.76. The summed E-state index contributed by atoms with van der Waals surface area (Å²) in [7, 11) is 0. The van der Waals surface area contributed by atoms with Crippen molar-refractivity contribution >= 4 is 25.8 Å². The van der Waals surface area contributed by atoms with Crippen LogP contribution in [-0.2, 0) is 13.1 Å². The molecule has 112 valence electrons. The van der Waals surface area contributed by atoms with Crippen molar-refractivity contribution in [1.29, 1.82) is 0 Å². The van der Waals surface area contributed by atoms with E-state index in [0.29, 0.717) is 24.0 Å². The van der Waals surface area contributed by atoms with Crippen molar-refractivity contribution in [2.24, 2.45) is 11.8 Å². The summed E-state index contributed by atoms with van der Waals surface area (Å²) < 4.78 is 16.3. The molecule has 0 aromatic carbocycles. The molecule has 5 heteroatoms. The molecular weight excluding hydrogens is 280 g/mol. The Hall–Kier alpha value is 0.580. The van der Waals surface area contributed by atoms with E-state index >= 15 is 0 Å². The highest BCUT2D eigenvalue weighted by Gasteiger charge is 2.24. The number of thiol groups is 2. The van der Waals surface area contributed by atoms with Crippen molar-refractivity contribution in [3.8, 4) is 0 Å². The highest BCUT2D eigenvalue weighted by atomic mass is 32.1. The Kier molecular flexibility index (Phi) is 7.37. The van der Waals surface area contributed by atoms with E-state index in [1.165, 1.54) is 25.7 Å². The van der Waals surface area contributed by atoms with E-state index in [1.54, 1.807) is 0 Å². The Morgan fingerprint density at radius 2 is 1.21 bits per heavy atom. The van der Waals surface area contributed by atoms with Gasteiger partial charge in [-0.15, -0.1) is 0 Å². The van der Waals surface area contributed by atoms with Crippen LogP contribution in [0.3, 0.4) is 0 Å². The predicted molar refractivity (Wildman–Crippen MR) is 82.5 cm³/mol. The lowest BCUT2D eigenvalue weighted by Gasteiger charge is -2.30. The standard InChI is InChI=1S/C14H26O3S2/c18-16-13-5-1-3-11(7-13)9-15-10-12-4-2-6-14(8-12)17-19/h11-14,18-19H,1-10H2. The van der Waals surface area contributed by atoms with Crippen molar-refractivity contribution in [2.45, 2.75) is 63.6 Å². The minimum absolute atomic E-state index is 0.322. The molecule has 0 spiro atoms. The van der Waals surface area contributed by atoms with Gasteiger partial charge >= 0.3 is 0 Å². The fraction of sp³-hybridized carbons (Fsp3) is 1.00. The number of hydrogen-bond acceptors (Lipinski definition) is 5. The molecule has 0 radical (unpaired) electrons. The summed E-state index contributed by atoms with van der Waals surface area (Å²) in [6.45, 7) is 1.74. The van der Waals surface area contributed by atoms with Gasteiger partial charge in [0.05, 0.1) is 12.2 Å². The second-order valence-corrected chi connectivity index (χ2v) is 6.48. The third-order valence-electron chi connectivity index (χ3n) is 4.47. The van der Waals surface area contributed by atoms with Crippen LogP contribution < -0.4 is 0 Å². The van der Waals surface area contributed by atoms with Crippen molar-refractivity contribution < 1.29 is 13.1 Å². The second kappa shape index (κ2) is 8.78.